The molecular weight excluding hydrogens is 497 g/mol. The monoisotopic (exact) mass is 527 g/mol. The lowest BCUT2D eigenvalue weighted by Crippen LogP contribution is -2.29. The van der Waals surface area contributed by atoms with E-state index in [0.717, 1.165) is 45.3 Å². The largest absolute Gasteiger partial charge is 0.351 e. The normalized spacial score (nSPS) is 17.0. The van der Waals surface area contributed by atoms with Crippen molar-refractivity contribution in [3.63, 3.8) is 0 Å². The van der Waals surface area contributed by atoms with E-state index in [9.17, 15) is 9.18 Å². The Hall–Kier alpha value is -4.04. The minimum atomic E-state index is -0.267. The third-order valence-electron chi connectivity index (χ3n) is 7.06. The fraction of sp³-hybridized carbons (Fsp3) is 0.233. The third-order valence-corrected chi connectivity index (χ3v) is 7.37. The Morgan fingerprint density at radius 2 is 1.79 bits per heavy atom. The summed E-state index contributed by atoms with van der Waals surface area (Å²) in [6, 6.07) is 20.2. The fourth-order valence-electron chi connectivity index (χ4n) is 5.20. The van der Waals surface area contributed by atoms with Gasteiger partial charge in [-0.15, -0.1) is 0 Å². The van der Waals surface area contributed by atoms with Crippen LogP contribution < -0.4 is 15.5 Å². The quantitative estimate of drug-likeness (QED) is 0.282. The molecule has 0 unspecified atom stereocenters. The van der Waals surface area contributed by atoms with Gasteiger partial charge in [0.1, 0.15) is 5.82 Å². The molecule has 0 spiro atoms. The van der Waals surface area contributed by atoms with E-state index in [1.807, 2.05) is 50.2 Å². The molecule has 0 saturated carbocycles. The molecule has 2 aromatic heterocycles. The van der Waals surface area contributed by atoms with Crippen LogP contribution >= 0.6 is 12.2 Å². The first kappa shape index (κ1) is 25.6. The van der Waals surface area contributed by atoms with E-state index in [1.165, 1.54) is 12.1 Å². The molecule has 2 aromatic carbocycles. The molecule has 2 N–H and O–H groups in total. The Labute approximate surface area is 227 Å². The van der Waals surface area contributed by atoms with Gasteiger partial charge in [0, 0.05) is 41.1 Å². The maximum absolute atomic E-state index is 13.7. The standard InChI is InChI=1S/C30H30FN5OS/c1-5-27(37)33-25-14-13-23(16-18(25)2)36-29(28(34-30(36)38)26-8-6-7-15-32-26)24-17-19(3)35(20(24)4)22-11-9-21(31)10-12-22/h6-17,28-29H,5H2,1-4H3,(H,33,37)(H,34,38)/t28-,29+/m0/s1. The average molecular weight is 528 g/mol. The van der Waals surface area contributed by atoms with Gasteiger partial charge in [-0.1, -0.05) is 13.0 Å². The van der Waals surface area contributed by atoms with E-state index in [0.29, 0.717) is 11.5 Å². The van der Waals surface area contributed by atoms with Gasteiger partial charge in [0.15, 0.2) is 5.11 Å². The first-order valence-corrected chi connectivity index (χ1v) is 13.0. The molecule has 0 bridgehead atoms. The Morgan fingerprint density at radius 1 is 1.05 bits per heavy atom. The van der Waals surface area contributed by atoms with Crippen LogP contribution in [0.4, 0.5) is 15.8 Å². The topological polar surface area (TPSA) is 62.2 Å². The number of anilines is 2. The molecule has 1 aliphatic heterocycles. The molecule has 194 valence electrons. The van der Waals surface area contributed by atoms with Crippen LogP contribution in [0.1, 0.15) is 53.6 Å². The molecule has 0 radical (unpaired) electrons. The fourth-order valence-corrected chi connectivity index (χ4v) is 5.55. The Balaban J connectivity index is 1.63. The van der Waals surface area contributed by atoms with Gasteiger partial charge in [-0.25, -0.2) is 4.39 Å². The smallest absolute Gasteiger partial charge is 0.224 e. The highest BCUT2D eigenvalue weighted by Crippen LogP contribution is 2.44. The molecule has 6 nitrogen and oxygen atoms in total. The molecule has 3 heterocycles. The zero-order chi connectivity index (χ0) is 27.0. The number of benzene rings is 2. The Bertz CT molecular complexity index is 1500. The van der Waals surface area contributed by atoms with Crippen molar-refractivity contribution in [2.75, 3.05) is 10.2 Å². The van der Waals surface area contributed by atoms with Crippen LogP contribution in [0.15, 0.2) is 72.9 Å². The number of aryl methyl sites for hydroxylation is 2. The van der Waals surface area contributed by atoms with E-state index in [-0.39, 0.29) is 23.8 Å². The van der Waals surface area contributed by atoms with Crippen molar-refractivity contribution in [1.82, 2.24) is 14.9 Å². The predicted molar refractivity (Wildman–Crippen MR) is 153 cm³/mol. The maximum Gasteiger partial charge on any atom is 0.224 e. The highest BCUT2D eigenvalue weighted by Gasteiger charge is 2.42. The molecule has 8 heteroatoms. The van der Waals surface area contributed by atoms with Crippen LogP contribution in [-0.2, 0) is 4.79 Å². The van der Waals surface area contributed by atoms with Gasteiger partial charge < -0.3 is 20.1 Å². The van der Waals surface area contributed by atoms with Crippen LogP contribution in [0.2, 0.25) is 0 Å². The van der Waals surface area contributed by atoms with Gasteiger partial charge in [0.2, 0.25) is 5.91 Å². The van der Waals surface area contributed by atoms with Gasteiger partial charge in [0.05, 0.1) is 17.8 Å². The van der Waals surface area contributed by atoms with Gasteiger partial charge in [-0.05, 0) is 105 Å². The van der Waals surface area contributed by atoms with Crippen molar-refractivity contribution >= 4 is 34.6 Å². The van der Waals surface area contributed by atoms with Crippen LogP contribution in [0.25, 0.3) is 5.69 Å². The van der Waals surface area contributed by atoms with Gasteiger partial charge in [-0.2, -0.15) is 0 Å². The maximum atomic E-state index is 13.7. The summed E-state index contributed by atoms with van der Waals surface area (Å²) >= 11 is 5.90. The molecule has 2 atom stereocenters. The van der Waals surface area contributed by atoms with E-state index < -0.39 is 0 Å². The summed E-state index contributed by atoms with van der Waals surface area (Å²) in [5.74, 6) is -0.294. The number of pyridine rings is 1. The summed E-state index contributed by atoms with van der Waals surface area (Å²) in [4.78, 5) is 18.8. The Morgan fingerprint density at radius 3 is 2.45 bits per heavy atom. The number of nitrogens with zero attached hydrogens (tertiary/aromatic N) is 3. The summed E-state index contributed by atoms with van der Waals surface area (Å²) in [6.45, 7) is 7.94. The number of rotatable bonds is 6. The van der Waals surface area contributed by atoms with Crippen molar-refractivity contribution in [1.29, 1.82) is 0 Å². The van der Waals surface area contributed by atoms with Crippen LogP contribution in [0, 0.1) is 26.6 Å². The number of carbonyl (C=O) groups is 1. The highest BCUT2D eigenvalue weighted by atomic mass is 32.1. The SMILES string of the molecule is CCC(=O)Nc1ccc(N2C(=S)N[C@@H](c3ccccn3)[C@H]2c2cc(C)n(-c3ccc(F)cc3)c2C)cc1C. The van der Waals surface area contributed by atoms with Crippen molar-refractivity contribution < 1.29 is 9.18 Å². The molecule has 1 aliphatic rings. The first-order chi connectivity index (χ1) is 18.3. The number of hydrogen-bond acceptors (Lipinski definition) is 3. The molecule has 5 rings (SSSR count). The summed E-state index contributed by atoms with van der Waals surface area (Å²) in [5.41, 5.74) is 7.61. The number of carbonyl (C=O) groups excluding carboxylic acids is 1. The van der Waals surface area contributed by atoms with Gasteiger partial charge in [-0.3, -0.25) is 9.78 Å². The lowest BCUT2D eigenvalue weighted by atomic mass is 9.96. The van der Waals surface area contributed by atoms with E-state index in [1.54, 1.807) is 18.3 Å². The average Bonchev–Trinajstić information content (AvgIpc) is 3.41. The zero-order valence-corrected chi connectivity index (χ0v) is 22.6. The third kappa shape index (κ3) is 4.67. The summed E-state index contributed by atoms with van der Waals surface area (Å²) < 4.78 is 15.8. The molecule has 1 saturated heterocycles. The second-order valence-corrected chi connectivity index (χ2v) is 9.92. The molecule has 1 fully saturated rings. The van der Waals surface area contributed by atoms with Crippen molar-refractivity contribution in [2.45, 2.75) is 46.2 Å². The molecule has 1 amide bonds. The van der Waals surface area contributed by atoms with Crippen molar-refractivity contribution in [3.8, 4) is 5.69 Å². The molecule has 38 heavy (non-hydrogen) atoms. The second kappa shape index (κ2) is 10.4. The molecular formula is C30H30FN5OS. The van der Waals surface area contributed by atoms with E-state index in [2.05, 4.69) is 45.0 Å². The number of thiocarbonyl (C=S) groups is 1. The van der Waals surface area contributed by atoms with Gasteiger partial charge >= 0.3 is 0 Å². The number of aromatic nitrogens is 2. The summed E-state index contributed by atoms with van der Waals surface area (Å²) in [5, 5.41) is 7.07. The van der Waals surface area contributed by atoms with E-state index in [4.69, 9.17) is 12.2 Å². The van der Waals surface area contributed by atoms with Crippen LogP contribution in [0.5, 0.6) is 0 Å². The first-order valence-electron chi connectivity index (χ1n) is 12.6. The van der Waals surface area contributed by atoms with Crippen LogP contribution in [0.3, 0.4) is 0 Å². The van der Waals surface area contributed by atoms with Crippen LogP contribution in [-0.4, -0.2) is 20.6 Å². The molecule has 4 aromatic rings. The minimum absolute atomic E-state index is 0.0273. The zero-order valence-electron chi connectivity index (χ0n) is 21.8. The summed E-state index contributed by atoms with van der Waals surface area (Å²) in [7, 11) is 0. The van der Waals surface area contributed by atoms with Crippen molar-refractivity contribution in [3.05, 3.63) is 107 Å². The highest BCUT2D eigenvalue weighted by molar-refractivity contribution is 7.80. The number of hydrogen-bond donors (Lipinski definition) is 2. The predicted octanol–water partition coefficient (Wildman–Crippen LogP) is 6.46. The lowest BCUT2D eigenvalue weighted by molar-refractivity contribution is -0.115. The number of nitrogens with one attached hydrogen (secondary N) is 2. The molecule has 0 aliphatic carbocycles. The number of amides is 1. The van der Waals surface area contributed by atoms with Crippen molar-refractivity contribution in [2.24, 2.45) is 0 Å². The number of halogens is 1. The van der Waals surface area contributed by atoms with E-state index >= 15 is 0 Å². The van der Waals surface area contributed by atoms with Gasteiger partial charge in [0.25, 0.3) is 0 Å². The second-order valence-electron chi connectivity index (χ2n) is 9.54. The minimum Gasteiger partial charge on any atom is -0.351 e. The Kier molecular flexibility index (Phi) is 6.99. The lowest BCUT2D eigenvalue weighted by Gasteiger charge is -2.29. The summed E-state index contributed by atoms with van der Waals surface area (Å²) in [6.07, 6.45) is 2.20.